The van der Waals surface area contributed by atoms with Gasteiger partial charge in [0.1, 0.15) is 17.5 Å². The zero-order chi connectivity index (χ0) is 17.1. The van der Waals surface area contributed by atoms with Crippen molar-refractivity contribution in [2.45, 2.75) is 26.9 Å². The average Bonchev–Trinajstić information content (AvgIpc) is 2.95. The second-order valence-electron chi connectivity index (χ2n) is 6.21. The molecule has 2 heterocycles. The lowest BCUT2D eigenvalue weighted by Gasteiger charge is -2.22. The number of hydrogen-bond donors (Lipinski definition) is 0. The zero-order valence-electron chi connectivity index (χ0n) is 14.7. The highest BCUT2D eigenvalue weighted by Crippen LogP contribution is 2.26. The van der Waals surface area contributed by atoms with Crippen LogP contribution < -0.4 is 4.90 Å². The Morgan fingerprint density at radius 2 is 1.67 bits per heavy atom. The second-order valence-corrected chi connectivity index (χ2v) is 6.21. The van der Waals surface area contributed by atoms with Crippen LogP contribution in [0.3, 0.4) is 0 Å². The molecule has 24 heavy (non-hydrogen) atoms. The predicted molar refractivity (Wildman–Crippen MR) is 94.9 cm³/mol. The molecular formula is C18H23N5O. The number of aromatic nitrogens is 3. The van der Waals surface area contributed by atoms with Gasteiger partial charge in [0.05, 0.1) is 5.69 Å². The molecule has 0 aliphatic heterocycles. The fourth-order valence-corrected chi connectivity index (χ4v) is 2.82. The Morgan fingerprint density at radius 1 is 1.00 bits per heavy atom. The molecule has 2 aromatic heterocycles. The first-order chi connectivity index (χ1) is 11.6. The van der Waals surface area contributed by atoms with E-state index < -0.39 is 0 Å². The molecule has 0 amide bonds. The van der Waals surface area contributed by atoms with Gasteiger partial charge in [-0.1, -0.05) is 29.4 Å². The molecule has 0 saturated heterocycles. The van der Waals surface area contributed by atoms with E-state index in [4.69, 9.17) is 4.52 Å². The van der Waals surface area contributed by atoms with Gasteiger partial charge in [-0.15, -0.1) is 0 Å². The maximum Gasteiger partial charge on any atom is 0.263 e. The van der Waals surface area contributed by atoms with Crippen molar-refractivity contribution in [3.8, 4) is 0 Å². The first-order valence-electron chi connectivity index (χ1n) is 8.13. The summed E-state index contributed by atoms with van der Waals surface area (Å²) in [6.45, 7) is 6.62. The Kier molecular flexibility index (Phi) is 4.76. The van der Waals surface area contributed by atoms with E-state index in [0.717, 1.165) is 36.5 Å². The molecule has 0 aliphatic rings. The minimum absolute atomic E-state index is 0.539. The third-order valence-electron chi connectivity index (χ3n) is 4.00. The Hall–Kier alpha value is -2.47. The number of nitrogens with zero attached hydrogens (tertiary/aromatic N) is 5. The van der Waals surface area contributed by atoms with Gasteiger partial charge >= 0.3 is 0 Å². The standard InChI is InChI=1S/C18H23N5O/c1-5-23(11-15-8-6-14(7-9-15)10-22(3)4)17-16-13(2)21-24-18(16)20-12-19-17/h6-9,12H,5,10-11H2,1-4H3. The lowest BCUT2D eigenvalue weighted by molar-refractivity contribution is 0.402. The molecule has 0 fully saturated rings. The number of benzene rings is 1. The quantitative estimate of drug-likeness (QED) is 0.694. The first-order valence-corrected chi connectivity index (χ1v) is 8.13. The molecule has 0 atom stereocenters. The Bertz CT molecular complexity index is 810. The van der Waals surface area contributed by atoms with Crippen molar-refractivity contribution in [3.63, 3.8) is 0 Å². The number of anilines is 1. The smallest absolute Gasteiger partial charge is 0.263 e. The van der Waals surface area contributed by atoms with Crippen molar-refractivity contribution in [2.24, 2.45) is 0 Å². The molecule has 0 aliphatic carbocycles. The van der Waals surface area contributed by atoms with Crippen molar-refractivity contribution < 1.29 is 4.52 Å². The largest absolute Gasteiger partial charge is 0.352 e. The molecule has 0 bridgehead atoms. The van der Waals surface area contributed by atoms with Gasteiger partial charge in [0, 0.05) is 19.6 Å². The normalized spacial score (nSPS) is 11.4. The summed E-state index contributed by atoms with van der Waals surface area (Å²) in [4.78, 5) is 13.0. The Labute approximate surface area is 142 Å². The number of hydrogen-bond acceptors (Lipinski definition) is 6. The van der Waals surface area contributed by atoms with E-state index in [1.807, 2.05) is 6.92 Å². The fourth-order valence-electron chi connectivity index (χ4n) is 2.82. The monoisotopic (exact) mass is 325 g/mol. The molecule has 3 aromatic rings. The minimum atomic E-state index is 0.539. The van der Waals surface area contributed by atoms with Crippen molar-refractivity contribution >= 4 is 16.9 Å². The molecule has 6 heteroatoms. The van der Waals surface area contributed by atoms with E-state index in [9.17, 15) is 0 Å². The highest BCUT2D eigenvalue weighted by molar-refractivity contribution is 5.87. The second kappa shape index (κ2) is 6.97. The van der Waals surface area contributed by atoms with Gasteiger partial charge in [0.25, 0.3) is 5.71 Å². The summed E-state index contributed by atoms with van der Waals surface area (Å²) in [5.74, 6) is 0.874. The summed E-state index contributed by atoms with van der Waals surface area (Å²) in [5.41, 5.74) is 3.92. The van der Waals surface area contributed by atoms with Gasteiger partial charge in [-0.05, 0) is 39.1 Å². The number of fused-ring (bicyclic) bond motifs is 1. The molecular weight excluding hydrogens is 302 g/mol. The summed E-state index contributed by atoms with van der Waals surface area (Å²) in [6.07, 6.45) is 1.53. The topological polar surface area (TPSA) is 58.3 Å². The Morgan fingerprint density at radius 3 is 2.29 bits per heavy atom. The van der Waals surface area contributed by atoms with E-state index in [0.29, 0.717) is 5.71 Å². The summed E-state index contributed by atoms with van der Waals surface area (Å²) >= 11 is 0. The highest BCUT2D eigenvalue weighted by Gasteiger charge is 2.17. The average molecular weight is 325 g/mol. The van der Waals surface area contributed by atoms with Crippen LogP contribution in [0.2, 0.25) is 0 Å². The lowest BCUT2D eigenvalue weighted by atomic mass is 10.1. The van der Waals surface area contributed by atoms with Gasteiger partial charge < -0.3 is 14.3 Å². The van der Waals surface area contributed by atoms with Crippen LogP contribution in [-0.4, -0.2) is 40.7 Å². The van der Waals surface area contributed by atoms with Crippen LogP contribution in [0.25, 0.3) is 11.1 Å². The van der Waals surface area contributed by atoms with Crippen molar-refractivity contribution in [1.82, 2.24) is 20.0 Å². The summed E-state index contributed by atoms with van der Waals surface area (Å²) < 4.78 is 5.25. The maximum absolute atomic E-state index is 5.25. The first kappa shape index (κ1) is 16.4. The van der Waals surface area contributed by atoms with Gasteiger partial charge in [-0.2, -0.15) is 4.98 Å². The van der Waals surface area contributed by atoms with Crippen LogP contribution in [0.5, 0.6) is 0 Å². The van der Waals surface area contributed by atoms with Crippen molar-refractivity contribution in [1.29, 1.82) is 0 Å². The minimum Gasteiger partial charge on any atom is -0.352 e. The molecule has 0 N–H and O–H groups in total. The van der Waals surface area contributed by atoms with E-state index in [-0.39, 0.29) is 0 Å². The van der Waals surface area contributed by atoms with E-state index >= 15 is 0 Å². The van der Waals surface area contributed by atoms with E-state index in [1.54, 1.807) is 0 Å². The SMILES string of the molecule is CCN(Cc1ccc(CN(C)C)cc1)c1ncnc2onc(C)c12. The van der Waals surface area contributed by atoms with Gasteiger partial charge in [-0.25, -0.2) is 4.98 Å². The van der Waals surface area contributed by atoms with E-state index in [2.05, 4.69) is 70.2 Å². The molecule has 1 aromatic carbocycles. The molecule has 0 unspecified atom stereocenters. The summed E-state index contributed by atoms with van der Waals surface area (Å²) in [6, 6.07) is 8.73. The van der Waals surface area contributed by atoms with Crippen LogP contribution in [0, 0.1) is 6.92 Å². The molecule has 0 spiro atoms. The summed E-state index contributed by atoms with van der Waals surface area (Å²) in [7, 11) is 4.16. The number of rotatable bonds is 6. The maximum atomic E-state index is 5.25. The predicted octanol–water partition coefficient (Wildman–Crippen LogP) is 3.01. The fraction of sp³-hybridized carbons (Fsp3) is 0.389. The molecule has 3 rings (SSSR count). The third-order valence-corrected chi connectivity index (χ3v) is 4.00. The summed E-state index contributed by atoms with van der Waals surface area (Å²) in [5, 5.41) is 4.90. The van der Waals surface area contributed by atoms with Crippen LogP contribution >= 0.6 is 0 Å². The lowest BCUT2D eigenvalue weighted by Crippen LogP contribution is -2.23. The molecule has 0 saturated carbocycles. The molecule has 126 valence electrons. The van der Waals surface area contributed by atoms with Gasteiger partial charge in [-0.3, -0.25) is 0 Å². The van der Waals surface area contributed by atoms with Crippen LogP contribution in [0.1, 0.15) is 23.7 Å². The molecule has 6 nitrogen and oxygen atoms in total. The highest BCUT2D eigenvalue weighted by atomic mass is 16.5. The van der Waals surface area contributed by atoms with E-state index in [1.165, 1.54) is 17.5 Å². The Balaban J connectivity index is 1.85. The van der Waals surface area contributed by atoms with Crippen LogP contribution in [-0.2, 0) is 13.1 Å². The third kappa shape index (κ3) is 3.38. The zero-order valence-corrected chi connectivity index (χ0v) is 14.7. The number of aryl methyl sites for hydroxylation is 1. The van der Waals surface area contributed by atoms with Gasteiger partial charge in [0.15, 0.2) is 0 Å². The van der Waals surface area contributed by atoms with Crippen LogP contribution in [0.15, 0.2) is 35.1 Å². The molecule has 0 radical (unpaired) electrons. The van der Waals surface area contributed by atoms with Crippen molar-refractivity contribution in [3.05, 3.63) is 47.4 Å². The van der Waals surface area contributed by atoms with Crippen LogP contribution in [0.4, 0.5) is 5.82 Å². The van der Waals surface area contributed by atoms with Gasteiger partial charge in [0.2, 0.25) is 0 Å². The van der Waals surface area contributed by atoms with Crippen molar-refractivity contribution in [2.75, 3.05) is 25.5 Å².